The topological polar surface area (TPSA) is 96.2 Å². The van der Waals surface area contributed by atoms with Crippen molar-refractivity contribution >= 4 is 11.7 Å². The molecule has 1 saturated heterocycles. The molecule has 4 rings (SSSR count). The van der Waals surface area contributed by atoms with Crippen LogP contribution < -0.4 is 10.2 Å². The van der Waals surface area contributed by atoms with Gasteiger partial charge in [0.1, 0.15) is 11.5 Å². The van der Waals surface area contributed by atoms with Gasteiger partial charge in [0.05, 0.1) is 23.5 Å². The normalized spacial score (nSPS) is 21.1. The number of carbonyl (C=O) groups excluding carboxylic acids is 1. The van der Waals surface area contributed by atoms with Crippen molar-refractivity contribution in [3.05, 3.63) is 71.9 Å². The van der Waals surface area contributed by atoms with Crippen LogP contribution in [0.5, 0.6) is 0 Å². The van der Waals surface area contributed by atoms with Gasteiger partial charge in [-0.05, 0) is 24.5 Å². The maximum absolute atomic E-state index is 13.3. The second-order valence-corrected chi connectivity index (χ2v) is 7.96. The Morgan fingerprint density at radius 3 is 2.77 bits per heavy atom. The zero-order chi connectivity index (χ0) is 21.8. The first kappa shape index (κ1) is 21.0. The van der Waals surface area contributed by atoms with Gasteiger partial charge in [0.15, 0.2) is 0 Å². The predicted octanol–water partition coefficient (Wildman–Crippen LogP) is 2.06. The predicted molar refractivity (Wildman–Crippen MR) is 118 cm³/mol. The maximum atomic E-state index is 13.3. The van der Waals surface area contributed by atoms with Crippen LogP contribution in [0.2, 0.25) is 0 Å². The Balaban J connectivity index is 1.63. The van der Waals surface area contributed by atoms with E-state index in [1.807, 2.05) is 41.3 Å². The molecule has 162 valence electrons. The molecule has 31 heavy (non-hydrogen) atoms. The van der Waals surface area contributed by atoms with Gasteiger partial charge in [-0.1, -0.05) is 43.7 Å². The Labute approximate surface area is 182 Å². The lowest BCUT2D eigenvalue weighted by atomic mass is 9.78. The van der Waals surface area contributed by atoms with E-state index < -0.39 is 11.6 Å². The van der Waals surface area contributed by atoms with E-state index >= 15 is 0 Å². The summed E-state index contributed by atoms with van der Waals surface area (Å²) in [6.45, 7) is 3.04. The molecule has 0 spiro atoms. The highest BCUT2D eigenvalue weighted by Crippen LogP contribution is 2.35. The van der Waals surface area contributed by atoms with E-state index in [1.165, 1.54) is 0 Å². The van der Waals surface area contributed by atoms with E-state index in [9.17, 15) is 9.90 Å². The van der Waals surface area contributed by atoms with Gasteiger partial charge in [-0.3, -0.25) is 14.5 Å². The van der Waals surface area contributed by atoms with Gasteiger partial charge in [0, 0.05) is 32.5 Å². The van der Waals surface area contributed by atoms with Gasteiger partial charge in [0.2, 0.25) is 0 Å². The monoisotopic (exact) mass is 420 g/mol. The number of piperidine rings is 1. The molecular weight excluding hydrogens is 392 g/mol. The molecule has 2 aromatic heterocycles. The molecule has 0 aliphatic carbocycles. The Kier molecular flexibility index (Phi) is 5.99. The highest BCUT2D eigenvalue weighted by Gasteiger charge is 2.45. The molecule has 8 nitrogen and oxygen atoms in total. The molecule has 1 aliphatic rings. The van der Waals surface area contributed by atoms with Crippen LogP contribution in [-0.2, 0) is 19.0 Å². The standard InChI is InChI=1S/C23H28N6O2/c1-3-7-18-14-19(28(2)27-18)22(31)26-23(17-8-5-4-6-9-17)10-13-29(16-20(23)30)21-15-24-11-12-25-21/h4-6,8-9,11-12,14-15,20,30H,3,7,10,13,16H2,1-2H3,(H,26,31)/t20-,23-/m1/s1. The highest BCUT2D eigenvalue weighted by molar-refractivity contribution is 5.93. The highest BCUT2D eigenvalue weighted by atomic mass is 16.3. The van der Waals surface area contributed by atoms with Gasteiger partial charge in [-0.25, -0.2) is 4.98 Å². The molecule has 0 unspecified atom stereocenters. The van der Waals surface area contributed by atoms with Crippen LogP contribution in [0.25, 0.3) is 0 Å². The number of carbonyl (C=O) groups is 1. The number of aryl methyl sites for hydroxylation is 2. The molecule has 2 atom stereocenters. The molecule has 3 aromatic rings. The van der Waals surface area contributed by atoms with E-state index in [2.05, 4.69) is 27.3 Å². The molecular formula is C23H28N6O2. The lowest BCUT2D eigenvalue weighted by molar-refractivity contribution is 0.0360. The summed E-state index contributed by atoms with van der Waals surface area (Å²) >= 11 is 0. The summed E-state index contributed by atoms with van der Waals surface area (Å²) in [6, 6.07) is 11.5. The summed E-state index contributed by atoms with van der Waals surface area (Å²) in [5.74, 6) is 0.471. The molecule has 3 heterocycles. The third kappa shape index (κ3) is 4.16. The summed E-state index contributed by atoms with van der Waals surface area (Å²) in [7, 11) is 1.77. The van der Waals surface area contributed by atoms with Crippen LogP contribution >= 0.6 is 0 Å². The van der Waals surface area contributed by atoms with Gasteiger partial charge in [0.25, 0.3) is 5.91 Å². The largest absolute Gasteiger partial charge is 0.388 e. The first-order valence-electron chi connectivity index (χ1n) is 10.6. The Bertz CT molecular complexity index is 1020. The van der Waals surface area contributed by atoms with E-state index in [0.717, 1.165) is 24.1 Å². The van der Waals surface area contributed by atoms with Crippen LogP contribution in [0.3, 0.4) is 0 Å². The summed E-state index contributed by atoms with van der Waals surface area (Å²) in [5.41, 5.74) is 1.35. The van der Waals surface area contributed by atoms with Crippen molar-refractivity contribution < 1.29 is 9.90 Å². The minimum absolute atomic E-state index is 0.242. The minimum atomic E-state index is -0.910. The van der Waals surface area contributed by atoms with E-state index in [-0.39, 0.29) is 5.91 Å². The van der Waals surface area contributed by atoms with Crippen molar-refractivity contribution in [2.45, 2.75) is 37.8 Å². The maximum Gasteiger partial charge on any atom is 0.270 e. The average molecular weight is 421 g/mol. The number of aliphatic hydroxyl groups excluding tert-OH is 1. The molecule has 0 bridgehead atoms. The minimum Gasteiger partial charge on any atom is -0.388 e. The molecule has 1 fully saturated rings. The van der Waals surface area contributed by atoms with Crippen LogP contribution in [0.15, 0.2) is 55.0 Å². The number of hydrogen-bond donors (Lipinski definition) is 2. The zero-order valence-corrected chi connectivity index (χ0v) is 17.9. The lowest BCUT2D eigenvalue weighted by Crippen LogP contribution is -2.62. The fourth-order valence-electron chi connectivity index (χ4n) is 4.27. The zero-order valence-electron chi connectivity index (χ0n) is 17.9. The number of amides is 1. The first-order chi connectivity index (χ1) is 15.0. The van der Waals surface area contributed by atoms with Crippen LogP contribution in [0.1, 0.15) is 41.5 Å². The fraction of sp³-hybridized carbons (Fsp3) is 0.391. The smallest absolute Gasteiger partial charge is 0.270 e. The number of benzene rings is 1. The average Bonchev–Trinajstić information content (AvgIpc) is 3.17. The molecule has 1 amide bonds. The van der Waals surface area contributed by atoms with Crippen molar-refractivity contribution in [1.82, 2.24) is 25.1 Å². The van der Waals surface area contributed by atoms with Crippen LogP contribution in [-0.4, -0.2) is 50.0 Å². The van der Waals surface area contributed by atoms with E-state index in [0.29, 0.717) is 31.0 Å². The Hall–Kier alpha value is -3.26. The second-order valence-electron chi connectivity index (χ2n) is 7.96. The van der Waals surface area contributed by atoms with Crippen LogP contribution in [0.4, 0.5) is 5.82 Å². The fourth-order valence-corrected chi connectivity index (χ4v) is 4.27. The molecule has 1 aromatic carbocycles. The summed E-state index contributed by atoms with van der Waals surface area (Å²) in [6.07, 6.45) is 6.42. The quantitative estimate of drug-likeness (QED) is 0.634. The summed E-state index contributed by atoms with van der Waals surface area (Å²) in [5, 5.41) is 19.0. The van der Waals surface area contributed by atoms with E-state index in [4.69, 9.17) is 0 Å². The number of anilines is 1. The Morgan fingerprint density at radius 2 is 2.10 bits per heavy atom. The third-order valence-corrected chi connectivity index (χ3v) is 5.91. The molecule has 8 heteroatoms. The van der Waals surface area contributed by atoms with Crippen molar-refractivity contribution in [3.63, 3.8) is 0 Å². The Morgan fingerprint density at radius 1 is 1.29 bits per heavy atom. The molecule has 1 aliphatic heterocycles. The van der Waals surface area contributed by atoms with E-state index in [1.54, 1.807) is 30.3 Å². The van der Waals surface area contributed by atoms with Gasteiger partial charge >= 0.3 is 0 Å². The summed E-state index contributed by atoms with van der Waals surface area (Å²) in [4.78, 5) is 23.8. The number of nitrogens with one attached hydrogen (secondary N) is 1. The van der Waals surface area contributed by atoms with Crippen molar-refractivity contribution in [3.8, 4) is 0 Å². The third-order valence-electron chi connectivity index (χ3n) is 5.91. The summed E-state index contributed by atoms with van der Waals surface area (Å²) < 4.78 is 1.61. The number of β-amino-alcohol motifs (C(OH)–C–C–N with tert-alkyl or cyclic N) is 1. The number of aliphatic hydroxyl groups is 1. The lowest BCUT2D eigenvalue weighted by Gasteiger charge is -2.46. The first-order valence-corrected chi connectivity index (χ1v) is 10.6. The van der Waals surface area contributed by atoms with Gasteiger partial charge in [-0.15, -0.1) is 0 Å². The van der Waals surface area contributed by atoms with Gasteiger partial charge in [-0.2, -0.15) is 5.10 Å². The van der Waals surface area contributed by atoms with Gasteiger partial charge < -0.3 is 15.3 Å². The van der Waals surface area contributed by atoms with Crippen LogP contribution in [0, 0.1) is 0 Å². The number of aromatic nitrogens is 4. The van der Waals surface area contributed by atoms with Crippen molar-refractivity contribution in [1.29, 1.82) is 0 Å². The SMILES string of the molecule is CCCc1cc(C(=O)N[C@@]2(c3ccccc3)CCN(c3cnccn3)C[C@H]2O)n(C)n1. The molecule has 2 N–H and O–H groups in total. The number of hydrogen-bond acceptors (Lipinski definition) is 6. The number of nitrogens with zero attached hydrogens (tertiary/aromatic N) is 5. The second kappa shape index (κ2) is 8.85. The molecule has 0 radical (unpaired) electrons. The van der Waals surface area contributed by atoms with Crippen molar-refractivity contribution in [2.24, 2.45) is 7.05 Å². The number of rotatable bonds is 6. The van der Waals surface area contributed by atoms with Crippen molar-refractivity contribution in [2.75, 3.05) is 18.0 Å². The molecule has 0 saturated carbocycles.